The first-order chi connectivity index (χ1) is 13.0. The Morgan fingerprint density at radius 2 is 1.74 bits per heavy atom. The fourth-order valence-electron chi connectivity index (χ4n) is 4.10. The Morgan fingerprint density at radius 1 is 1.04 bits per heavy atom. The van der Waals surface area contributed by atoms with Crippen LogP contribution >= 0.6 is 0 Å². The lowest BCUT2D eigenvalue weighted by Crippen LogP contribution is -2.56. The quantitative estimate of drug-likeness (QED) is 0.769. The summed E-state index contributed by atoms with van der Waals surface area (Å²) >= 11 is 0. The molecule has 0 unspecified atom stereocenters. The Labute approximate surface area is 160 Å². The fraction of sp³-hybridized carbons (Fsp3) is 0.364. The van der Waals surface area contributed by atoms with Gasteiger partial charge in [-0.05, 0) is 56.2 Å². The molecule has 3 aromatic rings. The van der Waals surface area contributed by atoms with Gasteiger partial charge in [0.1, 0.15) is 11.6 Å². The SMILES string of the molecule is Cc1cc(O)cc(CN2[C@H](C)CN(c3cnc4ccccc4n3)C[C@@H]2C)c1. The summed E-state index contributed by atoms with van der Waals surface area (Å²) < 4.78 is 0. The van der Waals surface area contributed by atoms with Crippen molar-refractivity contribution in [2.24, 2.45) is 0 Å². The average molecular weight is 362 g/mol. The number of aromatic nitrogens is 2. The van der Waals surface area contributed by atoms with Crippen LogP contribution in [0.1, 0.15) is 25.0 Å². The second-order valence-electron chi connectivity index (χ2n) is 7.67. The third-order valence-electron chi connectivity index (χ3n) is 5.35. The molecule has 1 aromatic heterocycles. The molecule has 1 aliphatic rings. The van der Waals surface area contributed by atoms with E-state index in [-0.39, 0.29) is 0 Å². The molecular formula is C22H26N4O. The summed E-state index contributed by atoms with van der Waals surface area (Å²) in [6, 6.07) is 14.6. The number of nitrogens with zero attached hydrogens (tertiary/aromatic N) is 4. The number of aromatic hydroxyl groups is 1. The molecule has 140 valence electrons. The van der Waals surface area contributed by atoms with Crippen LogP contribution in [0.3, 0.4) is 0 Å². The van der Waals surface area contributed by atoms with Gasteiger partial charge in [-0.2, -0.15) is 0 Å². The second-order valence-corrected chi connectivity index (χ2v) is 7.67. The van der Waals surface area contributed by atoms with Gasteiger partial charge in [-0.1, -0.05) is 18.2 Å². The Kier molecular flexibility index (Phi) is 4.70. The van der Waals surface area contributed by atoms with Gasteiger partial charge in [0.2, 0.25) is 0 Å². The largest absolute Gasteiger partial charge is 0.508 e. The van der Waals surface area contributed by atoms with Crippen LogP contribution in [0.5, 0.6) is 5.75 Å². The summed E-state index contributed by atoms with van der Waals surface area (Å²) in [6.07, 6.45) is 1.88. The van der Waals surface area contributed by atoms with E-state index in [4.69, 9.17) is 4.98 Å². The van der Waals surface area contributed by atoms with E-state index in [1.807, 2.05) is 43.5 Å². The van der Waals surface area contributed by atoms with E-state index in [2.05, 4.69) is 34.7 Å². The Bertz CT molecular complexity index is 926. The number of anilines is 1. The van der Waals surface area contributed by atoms with Gasteiger partial charge in [-0.25, -0.2) is 4.98 Å². The van der Waals surface area contributed by atoms with Crippen molar-refractivity contribution in [3.63, 3.8) is 0 Å². The lowest BCUT2D eigenvalue weighted by atomic mass is 10.0. The van der Waals surface area contributed by atoms with Gasteiger partial charge < -0.3 is 10.0 Å². The Balaban J connectivity index is 1.52. The monoisotopic (exact) mass is 362 g/mol. The number of aryl methyl sites for hydroxylation is 1. The van der Waals surface area contributed by atoms with Crippen molar-refractivity contribution in [3.8, 4) is 5.75 Å². The predicted molar refractivity (Wildman–Crippen MR) is 109 cm³/mol. The van der Waals surface area contributed by atoms with Gasteiger partial charge in [0.25, 0.3) is 0 Å². The van der Waals surface area contributed by atoms with E-state index in [1.165, 1.54) is 0 Å². The minimum Gasteiger partial charge on any atom is -0.508 e. The minimum absolute atomic E-state index is 0.343. The normalized spacial score (nSPS) is 20.9. The topological polar surface area (TPSA) is 52.5 Å². The van der Waals surface area contributed by atoms with Crippen molar-refractivity contribution < 1.29 is 5.11 Å². The van der Waals surface area contributed by atoms with Crippen LogP contribution in [0.4, 0.5) is 5.82 Å². The molecule has 1 fully saturated rings. The number of piperazine rings is 1. The summed E-state index contributed by atoms with van der Waals surface area (Å²) in [4.78, 5) is 14.2. The van der Waals surface area contributed by atoms with Crippen molar-refractivity contribution >= 4 is 16.9 Å². The van der Waals surface area contributed by atoms with Crippen molar-refractivity contribution in [2.45, 2.75) is 39.4 Å². The van der Waals surface area contributed by atoms with Crippen molar-refractivity contribution in [2.75, 3.05) is 18.0 Å². The zero-order chi connectivity index (χ0) is 19.0. The molecule has 0 spiro atoms. The van der Waals surface area contributed by atoms with Crippen molar-refractivity contribution in [1.82, 2.24) is 14.9 Å². The summed E-state index contributed by atoms with van der Waals surface area (Å²) in [6.45, 7) is 9.20. The first-order valence-electron chi connectivity index (χ1n) is 9.51. The summed E-state index contributed by atoms with van der Waals surface area (Å²) in [5.74, 6) is 1.29. The summed E-state index contributed by atoms with van der Waals surface area (Å²) in [5.41, 5.74) is 4.12. The smallest absolute Gasteiger partial charge is 0.147 e. The zero-order valence-electron chi connectivity index (χ0n) is 16.1. The van der Waals surface area contributed by atoms with Gasteiger partial charge in [0.05, 0.1) is 17.2 Å². The van der Waals surface area contributed by atoms with E-state index in [1.54, 1.807) is 6.07 Å². The number of phenols is 1. The van der Waals surface area contributed by atoms with Gasteiger partial charge >= 0.3 is 0 Å². The number of phenolic OH excluding ortho intramolecular Hbond substituents is 1. The molecule has 1 aliphatic heterocycles. The molecular weight excluding hydrogens is 336 g/mol. The molecule has 0 aliphatic carbocycles. The zero-order valence-corrected chi connectivity index (χ0v) is 16.1. The highest BCUT2D eigenvalue weighted by molar-refractivity contribution is 5.75. The maximum Gasteiger partial charge on any atom is 0.147 e. The number of rotatable bonds is 3. The van der Waals surface area contributed by atoms with Gasteiger partial charge in [-0.3, -0.25) is 9.88 Å². The van der Waals surface area contributed by atoms with E-state index in [0.29, 0.717) is 17.8 Å². The van der Waals surface area contributed by atoms with E-state index in [9.17, 15) is 5.11 Å². The van der Waals surface area contributed by atoms with Crippen LogP contribution in [0.15, 0.2) is 48.7 Å². The molecule has 5 heteroatoms. The molecule has 1 saturated heterocycles. The molecule has 0 amide bonds. The van der Waals surface area contributed by atoms with Crippen LogP contribution in [0.2, 0.25) is 0 Å². The van der Waals surface area contributed by atoms with Crippen LogP contribution in [0.25, 0.3) is 11.0 Å². The Hall–Kier alpha value is -2.66. The number of fused-ring (bicyclic) bond motifs is 1. The average Bonchev–Trinajstić information content (AvgIpc) is 2.63. The summed E-state index contributed by atoms with van der Waals surface area (Å²) in [7, 11) is 0. The van der Waals surface area contributed by atoms with Crippen LogP contribution < -0.4 is 4.90 Å². The van der Waals surface area contributed by atoms with E-state index < -0.39 is 0 Å². The number of hydrogen-bond donors (Lipinski definition) is 1. The molecule has 2 atom stereocenters. The van der Waals surface area contributed by atoms with Gasteiger partial charge in [0, 0.05) is 31.7 Å². The summed E-state index contributed by atoms with van der Waals surface area (Å²) in [5, 5.41) is 9.89. The first kappa shape index (κ1) is 17.7. The Morgan fingerprint density at radius 3 is 2.44 bits per heavy atom. The standard InChI is InChI=1S/C22H26N4O/c1-15-8-18(10-19(27)9-15)14-26-16(2)12-25(13-17(26)3)22-11-23-20-6-4-5-7-21(20)24-22/h4-11,16-17,27H,12-14H2,1-3H3/t16-,17+. The van der Waals surface area contributed by atoms with Crippen LogP contribution in [0, 0.1) is 6.92 Å². The van der Waals surface area contributed by atoms with Gasteiger partial charge in [0.15, 0.2) is 0 Å². The highest BCUT2D eigenvalue weighted by Crippen LogP contribution is 2.25. The van der Waals surface area contributed by atoms with E-state index in [0.717, 1.165) is 47.6 Å². The molecule has 2 heterocycles. The second kappa shape index (κ2) is 7.16. The molecule has 1 N–H and O–H groups in total. The lowest BCUT2D eigenvalue weighted by molar-refractivity contribution is 0.123. The number of hydrogen-bond acceptors (Lipinski definition) is 5. The van der Waals surface area contributed by atoms with Crippen LogP contribution in [-0.2, 0) is 6.54 Å². The maximum absolute atomic E-state index is 9.89. The van der Waals surface area contributed by atoms with Crippen LogP contribution in [-0.4, -0.2) is 45.1 Å². The molecule has 2 aromatic carbocycles. The highest BCUT2D eigenvalue weighted by atomic mass is 16.3. The van der Waals surface area contributed by atoms with E-state index >= 15 is 0 Å². The molecule has 4 rings (SSSR count). The molecule has 0 bridgehead atoms. The molecule has 5 nitrogen and oxygen atoms in total. The third-order valence-corrected chi connectivity index (χ3v) is 5.35. The molecule has 0 radical (unpaired) electrons. The maximum atomic E-state index is 9.89. The van der Waals surface area contributed by atoms with Crippen molar-refractivity contribution in [1.29, 1.82) is 0 Å². The predicted octanol–water partition coefficient (Wildman–Crippen LogP) is 3.74. The molecule has 0 saturated carbocycles. The molecule has 27 heavy (non-hydrogen) atoms. The number of benzene rings is 2. The third kappa shape index (κ3) is 3.74. The first-order valence-corrected chi connectivity index (χ1v) is 9.51. The van der Waals surface area contributed by atoms with Gasteiger partial charge in [-0.15, -0.1) is 0 Å². The van der Waals surface area contributed by atoms with Crippen molar-refractivity contribution in [3.05, 3.63) is 59.8 Å². The lowest BCUT2D eigenvalue weighted by Gasteiger charge is -2.45. The minimum atomic E-state index is 0.343. The number of para-hydroxylation sites is 2. The highest BCUT2D eigenvalue weighted by Gasteiger charge is 2.30. The fourth-order valence-corrected chi connectivity index (χ4v) is 4.10.